The van der Waals surface area contributed by atoms with Crippen molar-refractivity contribution in [1.82, 2.24) is 10.2 Å². The SMILES string of the molecule is CNC(=O)[C@@H]1[C@H]2C(=O)N([C@@H](CO)C(C)C)C(C(=O)Nc3cc(C)ccc3C)C23CC[C@@]1(C)S3. The topological polar surface area (TPSA) is 98.7 Å². The Bertz CT molecular complexity index is 998. The van der Waals surface area contributed by atoms with Gasteiger partial charge in [-0.15, -0.1) is 11.8 Å². The second-order valence-electron chi connectivity index (χ2n) is 10.4. The van der Waals surface area contributed by atoms with Crippen molar-refractivity contribution in [3.05, 3.63) is 29.3 Å². The molecule has 3 fully saturated rings. The Morgan fingerprint density at radius 2 is 1.94 bits per heavy atom. The molecule has 2 unspecified atom stereocenters. The van der Waals surface area contributed by atoms with Crippen LogP contribution in [0.5, 0.6) is 0 Å². The number of thioether (sulfide) groups is 1. The van der Waals surface area contributed by atoms with Crippen LogP contribution in [0.3, 0.4) is 0 Å². The van der Waals surface area contributed by atoms with Crippen LogP contribution in [-0.4, -0.2) is 63.0 Å². The maximum absolute atomic E-state index is 14.0. The van der Waals surface area contributed by atoms with Crippen molar-refractivity contribution in [2.75, 3.05) is 19.0 Å². The van der Waals surface area contributed by atoms with Gasteiger partial charge in [0.15, 0.2) is 0 Å². The second-order valence-corrected chi connectivity index (χ2v) is 12.3. The molecule has 6 atom stereocenters. The molecule has 0 radical (unpaired) electrons. The zero-order valence-electron chi connectivity index (χ0n) is 20.3. The number of anilines is 1. The number of benzene rings is 1. The Labute approximate surface area is 200 Å². The molecule has 180 valence electrons. The van der Waals surface area contributed by atoms with E-state index in [0.29, 0.717) is 6.42 Å². The number of fused-ring (bicyclic) bond motifs is 1. The molecular weight excluding hydrogens is 438 g/mol. The number of amides is 3. The number of rotatable bonds is 6. The third kappa shape index (κ3) is 3.48. The van der Waals surface area contributed by atoms with E-state index in [2.05, 4.69) is 10.6 Å². The predicted octanol–water partition coefficient (Wildman–Crippen LogP) is 2.49. The van der Waals surface area contributed by atoms with Gasteiger partial charge in [0, 0.05) is 17.5 Å². The largest absolute Gasteiger partial charge is 0.394 e. The molecule has 7 nitrogen and oxygen atoms in total. The second kappa shape index (κ2) is 8.31. The Balaban J connectivity index is 1.81. The molecule has 1 aromatic carbocycles. The normalized spacial score (nSPS) is 33.4. The van der Waals surface area contributed by atoms with Crippen LogP contribution in [0.4, 0.5) is 5.69 Å². The van der Waals surface area contributed by atoms with E-state index >= 15 is 0 Å². The fourth-order valence-corrected chi connectivity index (χ4v) is 8.61. The Kier molecular flexibility index (Phi) is 6.06. The van der Waals surface area contributed by atoms with Crippen LogP contribution >= 0.6 is 11.8 Å². The molecule has 0 aromatic heterocycles. The molecule has 3 N–H and O–H groups in total. The number of hydrogen-bond donors (Lipinski definition) is 3. The number of nitrogens with one attached hydrogen (secondary N) is 2. The summed E-state index contributed by atoms with van der Waals surface area (Å²) in [5.41, 5.74) is 2.70. The van der Waals surface area contributed by atoms with Crippen LogP contribution in [0.1, 0.15) is 44.7 Å². The minimum Gasteiger partial charge on any atom is -0.394 e. The monoisotopic (exact) mass is 473 g/mol. The standard InChI is InChI=1S/C25H35N3O4S/c1-13(2)17(12-29)28-20(22(31)27-16-11-14(3)7-8-15(16)4)25-10-9-24(5,33-25)18(21(30)26-6)19(25)23(28)32/h7-8,11,13,17-20,29H,9-10,12H2,1-6H3,(H,26,30)(H,27,31)/t17-,18-,19-,20?,24+,25?/m0/s1. The van der Waals surface area contributed by atoms with E-state index in [1.807, 2.05) is 52.8 Å². The summed E-state index contributed by atoms with van der Waals surface area (Å²) in [6, 6.07) is 4.64. The highest BCUT2D eigenvalue weighted by Crippen LogP contribution is 2.71. The maximum Gasteiger partial charge on any atom is 0.248 e. The van der Waals surface area contributed by atoms with Crippen molar-refractivity contribution >= 4 is 35.2 Å². The summed E-state index contributed by atoms with van der Waals surface area (Å²) < 4.78 is -1.08. The molecule has 3 saturated heterocycles. The number of carbonyl (C=O) groups excluding carboxylic acids is 3. The van der Waals surface area contributed by atoms with Crippen LogP contribution in [0.15, 0.2) is 18.2 Å². The number of carbonyl (C=O) groups is 3. The highest BCUT2D eigenvalue weighted by molar-refractivity contribution is 8.02. The molecule has 1 spiro atoms. The van der Waals surface area contributed by atoms with Gasteiger partial charge in [0.2, 0.25) is 17.7 Å². The van der Waals surface area contributed by atoms with E-state index in [1.54, 1.807) is 23.7 Å². The van der Waals surface area contributed by atoms with Gasteiger partial charge >= 0.3 is 0 Å². The van der Waals surface area contributed by atoms with Gasteiger partial charge in [0.05, 0.1) is 29.2 Å². The van der Waals surface area contributed by atoms with Gasteiger partial charge in [-0.3, -0.25) is 14.4 Å². The number of hydrogen-bond acceptors (Lipinski definition) is 5. The molecule has 3 aliphatic heterocycles. The average Bonchev–Trinajstić information content (AvgIpc) is 3.32. The summed E-state index contributed by atoms with van der Waals surface area (Å²) in [6.07, 6.45) is 1.46. The molecule has 1 aromatic rings. The van der Waals surface area contributed by atoms with E-state index in [-0.39, 0.29) is 30.2 Å². The summed E-state index contributed by atoms with van der Waals surface area (Å²) >= 11 is 1.64. The van der Waals surface area contributed by atoms with Gasteiger partial charge in [0.1, 0.15) is 6.04 Å². The van der Waals surface area contributed by atoms with Crippen LogP contribution in [0.2, 0.25) is 0 Å². The van der Waals surface area contributed by atoms with Gasteiger partial charge in [-0.2, -0.15) is 0 Å². The first-order valence-corrected chi connectivity index (χ1v) is 12.6. The summed E-state index contributed by atoms with van der Waals surface area (Å²) in [7, 11) is 1.60. The Hall–Kier alpha value is -2.06. The predicted molar refractivity (Wildman–Crippen MR) is 130 cm³/mol. The lowest BCUT2D eigenvalue weighted by Crippen LogP contribution is -2.56. The van der Waals surface area contributed by atoms with Gasteiger partial charge in [-0.25, -0.2) is 0 Å². The van der Waals surface area contributed by atoms with E-state index in [9.17, 15) is 19.5 Å². The third-order valence-electron chi connectivity index (χ3n) is 7.96. The van der Waals surface area contributed by atoms with E-state index in [1.165, 1.54) is 0 Å². The summed E-state index contributed by atoms with van der Waals surface area (Å²) in [5.74, 6) is -1.70. The number of likely N-dealkylation sites (tertiary alicyclic amines) is 1. The molecular formula is C25H35N3O4S. The number of aliphatic hydroxyl groups is 1. The fraction of sp³-hybridized carbons (Fsp3) is 0.640. The quantitative estimate of drug-likeness (QED) is 0.590. The molecule has 33 heavy (non-hydrogen) atoms. The van der Waals surface area contributed by atoms with Gasteiger partial charge in [-0.1, -0.05) is 26.0 Å². The lowest BCUT2D eigenvalue weighted by molar-refractivity contribution is -0.143. The number of nitrogens with zero attached hydrogens (tertiary/aromatic N) is 1. The number of aliphatic hydroxyl groups excluding tert-OH is 1. The molecule has 0 aliphatic carbocycles. The molecule has 4 rings (SSSR count). The molecule has 8 heteroatoms. The average molecular weight is 474 g/mol. The number of aryl methyl sites for hydroxylation is 2. The van der Waals surface area contributed by atoms with Gasteiger partial charge in [0.25, 0.3) is 0 Å². The van der Waals surface area contributed by atoms with Crippen LogP contribution < -0.4 is 10.6 Å². The minimum atomic E-state index is -0.754. The third-order valence-corrected chi connectivity index (χ3v) is 9.94. The van der Waals surface area contributed by atoms with Crippen molar-refractivity contribution in [2.24, 2.45) is 17.8 Å². The Morgan fingerprint density at radius 3 is 2.55 bits per heavy atom. The van der Waals surface area contributed by atoms with E-state index in [4.69, 9.17) is 0 Å². The molecule has 3 heterocycles. The van der Waals surface area contributed by atoms with Crippen LogP contribution in [0, 0.1) is 31.6 Å². The molecule has 3 amide bonds. The molecule has 0 saturated carbocycles. The van der Waals surface area contributed by atoms with Crippen molar-refractivity contribution in [3.63, 3.8) is 0 Å². The van der Waals surface area contributed by atoms with Gasteiger partial charge in [-0.05, 0) is 56.7 Å². The minimum absolute atomic E-state index is 0.0404. The summed E-state index contributed by atoms with van der Waals surface area (Å²) in [4.78, 5) is 42.5. The smallest absolute Gasteiger partial charge is 0.248 e. The first kappa shape index (κ1) is 24.1. The first-order valence-electron chi connectivity index (χ1n) is 11.7. The summed E-state index contributed by atoms with van der Waals surface area (Å²) in [5, 5.41) is 16.1. The maximum atomic E-state index is 14.0. The van der Waals surface area contributed by atoms with Crippen molar-refractivity contribution in [3.8, 4) is 0 Å². The fourth-order valence-electron chi connectivity index (χ4n) is 6.27. The van der Waals surface area contributed by atoms with Crippen LogP contribution in [-0.2, 0) is 14.4 Å². The van der Waals surface area contributed by atoms with E-state index < -0.39 is 33.4 Å². The van der Waals surface area contributed by atoms with Crippen molar-refractivity contribution in [2.45, 2.75) is 69.0 Å². The van der Waals surface area contributed by atoms with E-state index in [0.717, 1.165) is 23.2 Å². The summed E-state index contributed by atoms with van der Waals surface area (Å²) in [6.45, 7) is 9.62. The zero-order valence-corrected chi connectivity index (χ0v) is 21.1. The molecule has 3 aliphatic rings. The molecule has 2 bridgehead atoms. The van der Waals surface area contributed by atoms with Crippen molar-refractivity contribution in [1.29, 1.82) is 0 Å². The lowest BCUT2D eigenvalue weighted by atomic mass is 9.66. The van der Waals surface area contributed by atoms with Crippen molar-refractivity contribution < 1.29 is 19.5 Å². The lowest BCUT2D eigenvalue weighted by Gasteiger charge is -2.38. The first-order chi connectivity index (χ1) is 15.5. The highest BCUT2D eigenvalue weighted by Gasteiger charge is 2.77. The highest BCUT2D eigenvalue weighted by atomic mass is 32.2. The van der Waals surface area contributed by atoms with Crippen LogP contribution in [0.25, 0.3) is 0 Å². The zero-order chi connectivity index (χ0) is 24.3. The van der Waals surface area contributed by atoms with Gasteiger partial charge < -0.3 is 20.6 Å². The Morgan fingerprint density at radius 1 is 1.24 bits per heavy atom.